The van der Waals surface area contributed by atoms with E-state index in [9.17, 15) is 10.2 Å². The monoisotopic (exact) mass is 264 g/mol. The summed E-state index contributed by atoms with van der Waals surface area (Å²) >= 11 is 0. The van der Waals surface area contributed by atoms with Gasteiger partial charge in [-0.3, -0.25) is 0 Å². The van der Waals surface area contributed by atoms with Crippen molar-refractivity contribution in [1.82, 2.24) is 0 Å². The molecule has 3 rings (SSSR count). The predicted octanol–water partition coefficient (Wildman–Crippen LogP) is 2.25. The fraction of sp³-hybridized carbons (Fsp3) is 0.600. The molecule has 1 saturated heterocycles. The lowest BCUT2D eigenvalue weighted by Gasteiger charge is -2.50. The van der Waals surface area contributed by atoms with Crippen molar-refractivity contribution in [3.05, 3.63) is 35.9 Å². The van der Waals surface area contributed by atoms with Gasteiger partial charge >= 0.3 is 0 Å². The van der Waals surface area contributed by atoms with Crippen molar-refractivity contribution < 1.29 is 20.0 Å². The summed E-state index contributed by atoms with van der Waals surface area (Å²) in [6.07, 6.45) is 3.69. The molecule has 0 amide bonds. The van der Waals surface area contributed by atoms with Crippen LogP contribution in [0.4, 0.5) is 0 Å². The first-order valence-corrected chi connectivity index (χ1v) is 6.85. The zero-order valence-corrected chi connectivity index (χ0v) is 11.1. The summed E-state index contributed by atoms with van der Waals surface area (Å²) in [7, 11) is 0. The summed E-state index contributed by atoms with van der Waals surface area (Å²) in [6, 6.07) is 9.06. The molecule has 2 N–H and O–H groups in total. The highest BCUT2D eigenvalue weighted by Crippen LogP contribution is 2.51. The molecule has 19 heavy (non-hydrogen) atoms. The standard InChI is InChI=1S/C15H20O4/c1-13(16)11-15(17,12-7-3-2-4-8-12)19-18-14(13)9-5-6-10-14/h2-4,7-8,16-17H,5-6,9-11H2,1H3/t13-,15+/m1/s1. The van der Waals surface area contributed by atoms with Gasteiger partial charge in [-0.1, -0.05) is 43.2 Å². The van der Waals surface area contributed by atoms with Crippen LogP contribution < -0.4 is 0 Å². The fourth-order valence-corrected chi connectivity index (χ4v) is 3.31. The second-order valence-corrected chi connectivity index (χ2v) is 5.97. The summed E-state index contributed by atoms with van der Waals surface area (Å²) in [6.45, 7) is 1.73. The second-order valence-electron chi connectivity index (χ2n) is 5.97. The third kappa shape index (κ3) is 1.99. The molecule has 1 aliphatic carbocycles. The summed E-state index contributed by atoms with van der Waals surface area (Å²) in [5.41, 5.74) is -1.18. The van der Waals surface area contributed by atoms with E-state index in [2.05, 4.69) is 0 Å². The minimum Gasteiger partial charge on any atom is -0.387 e. The Bertz CT molecular complexity index is 450. The second kappa shape index (κ2) is 4.28. The van der Waals surface area contributed by atoms with E-state index in [0.29, 0.717) is 5.56 Å². The van der Waals surface area contributed by atoms with Crippen molar-refractivity contribution in [2.75, 3.05) is 0 Å². The molecular formula is C15H20O4. The molecule has 0 unspecified atom stereocenters. The van der Waals surface area contributed by atoms with Gasteiger partial charge in [0, 0.05) is 12.0 Å². The van der Waals surface area contributed by atoms with Gasteiger partial charge in [-0.2, -0.15) is 4.89 Å². The molecule has 1 saturated carbocycles. The molecule has 1 aromatic carbocycles. The van der Waals surface area contributed by atoms with Crippen molar-refractivity contribution in [3.8, 4) is 0 Å². The molecule has 0 radical (unpaired) electrons. The molecule has 104 valence electrons. The van der Waals surface area contributed by atoms with E-state index in [1.54, 1.807) is 19.1 Å². The first kappa shape index (κ1) is 13.1. The Morgan fingerprint density at radius 2 is 1.63 bits per heavy atom. The molecule has 2 aliphatic rings. The Morgan fingerprint density at radius 3 is 2.21 bits per heavy atom. The molecule has 4 nitrogen and oxygen atoms in total. The Kier molecular flexibility index (Phi) is 2.94. The average molecular weight is 264 g/mol. The van der Waals surface area contributed by atoms with Gasteiger partial charge in [-0.05, 0) is 19.8 Å². The van der Waals surface area contributed by atoms with E-state index < -0.39 is 17.0 Å². The van der Waals surface area contributed by atoms with E-state index in [4.69, 9.17) is 9.78 Å². The summed E-state index contributed by atoms with van der Waals surface area (Å²) in [5.74, 6) is -1.58. The van der Waals surface area contributed by atoms with Crippen molar-refractivity contribution in [2.24, 2.45) is 0 Å². The smallest absolute Gasteiger partial charge is 0.228 e. The van der Waals surface area contributed by atoms with Gasteiger partial charge in [-0.15, -0.1) is 0 Å². The molecule has 1 aliphatic heterocycles. The van der Waals surface area contributed by atoms with Crippen molar-refractivity contribution in [1.29, 1.82) is 0 Å². The van der Waals surface area contributed by atoms with Gasteiger partial charge in [0.1, 0.15) is 5.60 Å². The lowest BCUT2D eigenvalue weighted by Crippen LogP contribution is -2.61. The van der Waals surface area contributed by atoms with Crippen LogP contribution in [0.25, 0.3) is 0 Å². The lowest BCUT2D eigenvalue weighted by atomic mass is 9.76. The van der Waals surface area contributed by atoms with Crippen molar-refractivity contribution >= 4 is 0 Å². The number of aliphatic hydroxyl groups is 2. The minimum atomic E-state index is -1.58. The van der Waals surface area contributed by atoms with Crippen LogP contribution in [-0.4, -0.2) is 21.4 Å². The highest BCUT2D eigenvalue weighted by molar-refractivity contribution is 5.22. The number of benzene rings is 1. The molecular weight excluding hydrogens is 244 g/mol. The molecule has 2 fully saturated rings. The average Bonchev–Trinajstić information content (AvgIpc) is 2.86. The fourth-order valence-electron chi connectivity index (χ4n) is 3.31. The highest BCUT2D eigenvalue weighted by atomic mass is 17.2. The van der Waals surface area contributed by atoms with E-state index in [-0.39, 0.29) is 6.42 Å². The van der Waals surface area contributed by atoms with Crippen LogP contribution >= 0.6 is 0 Å². The normalized spacial score (nSPS) is 37.6. The van der Waals surface area contributed by atoms with Crippen LogP contribution in [0.2, 0.25) is 0 Å². The van der Waals surface area contributed by atoms with Crippen LogP contribution in [0.5, 0.6) is 0 Å². The van der Waals surface area contributed by atoms with Gasteiger partial charge in [0.05, 0.1) is 5.60 Å². The Labute approximate surface area is 112 Å². The molecule has 1 heterocycles. The maximum absolute atomic E-state index is 10.8. The minimum absolute atomic E-state index is 0.115. The summed E-state index contributed by atoms with van der Waals surface area (Å²) in [5, 5.41) is 21.4. The number of rotatable bonds is 1. The zero-order valence-electron chi connectivity index (χ0n) is 11.1. The SMILES string of the molecule is C[C@@]1(O)C[C@@](O)(c2ccccc2)OOC12CCCC2. The third-order valence-corrected chi connectivity index (χ3v) is 4.54. The maximum Gasteiger partial charge on any atom is 0.228 e. The third-order valence-electron chi connectivity index (χ3n) is 4.54. The van der Waals surface area contributed by atoms with E-state index in [1.807, 2.05) is 18.2 Å². The van der Waals surface area contributed by atoms with Crippen LogP contribution in [0.3, 0.4) is 0 Å². The Morgan fingerprint density at radius 1 is 1.00 bits per heavy atom. The Hall–Kier alpha value is -0.940. The van der Waals surface area contributed by atoms with Crippen LogP contribution in [-0.2, 0) is 15.6 Å². The van der Waals surface area contributed by atoms with Gasteiger partial charge in [0.25, 0.3) is 0 Å². The van der Waals surface area contributed by atoms with E-state index in [0.717, 1.165) is 25.7 Å². The van der Waals surface area contributed by atoms with Gasteiger partial charge < -0.3 is 10.2 Å². The molecule has 4 heteroatoms. The highest BCUT2D eigenvalue weighted by Gasteiger charge is 2.59. The van der Waals surface area contributed by atoms with Crippen LogP contribution in [0.15, 0.2) is 30.3 Å². The first-order valence-electron chi connectivity index (χ1n) is 6.85. The molecule has 0 aromatic heterocycles. The summed E-state index contributed by atoms with van der Waals surface area (Å²) < 4.78 is 0. The molecule has 0 bridgehead atoms. The van der Waals surface area contributed by atoms with Gasteiger partial charge in [0.2, 0.25) is 5.79 Å². The van der Waals surface area contributed by atoms with Gasteiger partial charge in [0.15, 0.2) is 0 Å². The van der Waals surface area contributed by atoms with Crippen molar-refractivity contribution in [3.63, 3.8) is 0 Å². The summed E-state index contributed by atoms with van der Waals surface area (Å²) in [4.78, 5) is 10.8. The maximum atomic E-state index is 10.8. The van der Waals surface area contributed by atoms with E-state index >= 15 is 0 Å². The van der Waals surface area contributed by atoms with Crippen LogP contribution in [0, 0.1) is 0 Å². The number of hydrogen-bond acceptors (Lipinski definition) is 4. The molecule has 1 spiro atoms. The molecule has 2 atom stereocenters. The molecule has 1 aromatic rings. The first-order chi connectivity index (χ1) is 8.98. The van der Waals surface area contributed by atoms with E-state index in [1.165, 1.54) is 0 Å². The topological polar surface area (TPSA) is 58.9 Å². The van der Waals surface area contributed by atoms with Crippen molar-refractivity contribution in [2.45, 2.75) is 56.0 Å². The predicted molar refractivity (Wildman–Crippen MR) is 68.9 cm³/mol. The zero-order chi connectivity index (χ0) is 13.6. The van der Waals surface area contributed by atoms with Gasteiger partial charge in [-0.25, -0.2) is 4.89 Å². The quantitative estimate of drug-likeness (QED) is 0.764. The number of hydrogen-bond donors (Lipinski definition) is 2. The lowest BCUT2D eigenvalue weighted by molar-refractivity contribution is -0.520. The largest absolute Gasteiger partial charge is 0.387 e. The Balaban J connectivity index is 1.90. The van der Waals surface area contributed by atoms with Crippen LogP contribution in [0.1, 0.15) is 44.6 Å².